The summed E-state index contributed by atoms with van der Waals surface area (Å²) in [6.07, 6.45) is 0.303. The highest BCUT2D eigenvalue weighted by Gasteiger charge is 2.27. The molecule has 1 aromatic heterocycles. The number of imidazole rings is 1. The molecule has 0 saturated carbocycles. The van der Waals surface area contributed by atoms with Crippen molar-refractivity contribution in [2.24, 2.45) is 7.05 Å². The number of morpholine rings is 1. The number of alkyl halides is 1. The summed E-state index contributed by atoms with van der Waals surface area (Å²) in [6, 6.07) is 14.9. The zero-order valence-electron chi connectivity index (χ0n) is 24.6. The van der Waals surface area contributed by atoms with Gasteiger partial charge in [-0.05, 0) is 62.2 Å². The van der Waals surface area contributed by atoms with Gasteiger partial charge < -0.3 is 24.8 Å². The summed E-state index contributed by atoms with van der Waals surface area (Å²) < 4.78 is 21.5. The molecule has 0 radical (unpaired) electrons. The minimum Gasteiger partial charge on any atom is -0.378 e. The third kappa shape index (κ3) is 6.79. The Kier molecular flexibility index (Phi) is 8.96. The summed E-state index contributed by atoms with van der Waals surface area (Å²) in [5.41, 5.74) is 3.89. The Balaban J connectivity index is 1.49. The smallest absolute Gasteiger partial charge is 0.257 e. The second-order valence-electron chi connectivity index (χ2n) is 11.2. The van der Waals surface area contributed by atoms with E-state index in [1.165, 1.54) is 13.8 Å². The van der Waals surface area contributed by atoms with Crippen LogP contribution in [-0.4, -0.2) is 53.3 Å². The summed E-state index contributed by atoms with van der Waals surface area (Å²) in [7, 11) is 1.91. The molecule has 2 heterocycles. The van der Waals surface area contributed by atoms with Crippen LogP contribution in [0.1, 0.15) is 46.7 Å². The summed E-state index contributed by atoms with van der Waals surface area (Å²) in [5.74, 6) is -0.264. The van der Waals surface area contributed by atoms with E-state index >= 15 is 0 Å². The van der Waals surface area contributed by atoms with Gasteiger partial charge in [-0.3, -0.25) is 9.59 Å². The summed E-state index contributed by atoms with van der Waals surface area (Å²) >= 11 is 13.3. The predicted octanol–water partition coefficient (Wildman–Crippen LogP) is 6.23. The highest BCUT2D eigenvalue weighted by molar-refractivity contribution is 6.36. The number of nitrogens with one attached hydrogen (secondary N) is 2. The van der Waals surface area contributed by atoms with Crippen LogP contribution in [0.3, 0.4) is 0 Å². The van der Waals surface area contributed by atoms with Gasteiger partial charge in [0.05, 0.1) is 40.5 Å². The van der Waals surface area contributed by atoms with E-state index < -0.39 is 11.6 Å². The molecular formula is C32H34Cl2FN5O3. The summed E-state index contributed by atoms with van der Waals surface area (Å²) in [5, 5.41) is 6.43. The molecule has 4 aromatic rings. The van der Waals surface area contributed by atoms with Gasteiger partial charge >= 0.3 is 0 Å². The first-order chi connectivity index (χ1) is 20.4. The Labute approximate surface area is 260 Å². The molecule has 1 aliphatic heterocycles. The molecule has 1 fully saturated rings. The Morgan fingerprint density at radius 1 is 1.07 bits per heavy atom. The first-order valence-corrected chi connectivity index (χ1v) is 14.8. The highest BCUT2D eigenvalue weighted by atomic mass is 35.5. The maximum Gasteiger partial charge on any atom is 0.257 e. The first-order valence-electron chi connectivity index (χ1n) is 14.1. The molecule has 226 valence electrons. The second-order valence-corrected chi connectivity index (χ2v) is 12.0. The number of halogens is 3. The van der Waals surface area contributed by atoms with Gasteiger partial charge in [-0.15, -0.1) is 0 Å². The van der Waals surface area contributed by atoms with E-state index in [1.807, 2.05) is 54.9 Å². The summed E-state index contributed by atoms with van der Waals surface area (Å²) in [4.78, 5) is 32.7. The number of carbonyl (C=O) groups is 2. The molecule has 2 amide bonds. The molecule has 0 bridgehead atoms. The lowest BCUT2D eigenvalue weighted by molar-refractivity contribution is -0.130. The van der Waals surface area contributed by atoms with E-state index in [0.29, 0.717) is 76.5 Å². The lowest BCUT2D eigenvalue weighted by Gasteiger charge is -2.30. The molecule has 0 atom stereocenters. The average molecular weight is 627 g/mol. The average Bonchev–Trinajstić information content (AvgIpc) is 3.29. The van der Waals surface area contributed by atoms with Crippen molar-refractivity contribution in [3.05, 3.63) is 86.7 Å². The molecule has 8 nitrogen and oxygen atoms in total. The van der Waals surface area contributed by atoms with Crippen molar-refractivity contribution in [2.45, 2.75) is 39.4 Å². The van der Waals surface area contributed by atoms with Crippen LogP contribution in [-0.2, 0) is 29.5 Å². The molecule has 43 heavy (non-hydrogen) atoms. The molecular weight excluding hydrogens is 592 g/mol. The van der Waals surface area contributed by atoms with Crippen molar-refractivity contribution in [1.29, 1.82) is 0 Å². The number of anilines is 2. The number of aromatic nitrogens is 2. The van der Waals surface area contributed by atoms with Gasteiger partial charge in [-0.2, -0.15) is 0 Å². The number of nitrogens with zero attached hydrogens (tertiary/aromatic N) is 3. The van der Waals surface area contributed by atoms with E-state index in [9.17, 15) is 14.0 Å². The van der Waals surface area contributed by atoms with Crippen LogP contribution < -0.4 is 15.5 Å². The third-order valence-corrected chi connectivity index (χ3v) is 8.40. The van der Waals surface area contributed by atoms with Crippen LogP contribution in [0.25, 0.3) is 11.0 Å². The van der Waals surface area contributed by atoms with Crippen molar-refractivity contribution < 1.29 is 18.7 Å². The van der Waals surface area contributed by atoms with Gasteiger partial charge in [-0.25, -0.2) is 9.37 Å². The molecule has 11 heteroatoms. The zero-order chi connectivity index (χ0) is 30.9. The Hall–Kier alpha value is -3.66. The van der Waals surface area contributed by atoms with Crippen LogP contribution in [0.2, 0.25) is 10.0 Å². The van der Waals surface area contributed by atoms with Crippen molar-refractivity contribution in [1.82, 2.24) is 14.9 Å². The number of hydrogen-bond acceptors (Lipinski definition) is 5. The van der Waals surface area contributed by atoms with Crippen molar-refractivity contribution in [2.75, 3.05) is 36.5 Å². The number of benzene rings is 3. The zero-order valence-corrected chi connectivity index (χ0v) is 26.1. The minimum absolute atomic E-state index is 0.0556. The molecule has 1 aliphatic rings. The van der Waals surface area contributed by atoms with Gasteiger partial charge in [0.15, 0.2) is 5.67 Å². The molecule has 2 N–H and O–H groups in total. The maximum atomic E-state index is 14.0. The van der Waals surface area contributed by atoms with Crippen LogP contribution in [0, 0.1) is 6.92 Å². The van der Waals surface area contributed by atoms with Crippen LogP contribution in [0.5, 0.6) is 0 Å². The van der Waals surface area contributed by atoms with E-state index in [-0.39, 0.29) is 12.5 Å². The first kappa shape index (κ1) is 30.8. The Morgan fingerprint density at radius 2 is 1.77 bits per heavy atom. The molecule has 1 saturated heterocycles. The minimum atomic E-state index is -2.01. The number of ether oxygens (including phenoxy) is 1. The number of carbonyl (C=O) groups excluding carboxylic acids is 2. The SMILES string of the molecule is Cc1ccc(NC(=O)c2cc3nc(Cc4c(Cl)ccc(CNC(=O)C(C)(C)F)c4Cl)n(C)c3cc2N2CCOCC2)cc1. The fourth-order valence-corrected chi connectivity index (χ4v) is 5.58. The largest absolute Gasteiger partial charge is 0.378 e. The topological polar surface area (TPSA) is 88.5 Å². The van der Waals surface area contributed by atoms with Gasteiger partial charge in [0.2, 0.25) is 0 Å². The monoisotopic (exact) mass is 625 g/mol. The molecule has 0 spiro atoms. The fraction of sp³-hybridized carbons (Fsp3) is 0.344. The molecule has 0 unspecified atom stereocenters. The third-order valence-electron chi connectivity index (χ3n) is 7.58. The Bertz CT molecular complexity index is 1680. The summed E-state index contributed by atoms with van der Waals surface area (Å²) in [6.45, 7) is 6.92. The molecule has 0 aliphatic carbocycles. The lowest BCUT2D eigenvalue weighted by atomic mass is 10.1. The van der Waals surface area contributed by atoms with Gasteiger partial charge in [0, 0.05) is 43.8 Å². The van der Waals surface area contributed by atoms with Crippen LogP contribution in [0.4, 0.5) is 15.8 Å². The molecule has 3 aromatic carbocycles. The van der Waals surface area contributed by atoms with Gasteiger partial charge in [0.1, 0.15) is 5.82 Å². The van der Waals surface area contributed by atoms with Crippen molar-refractivity contribution in [3.63, 3.8) is 0 Å². The number of fused-ring (bicyclic) bond motifs is 1. The normalized spacial score (nSPS) is 13.8. The van der Waals surface area contributed by atoms with E-state index in [1.54, 1.807) is 12.1 Å². The molecule has 5 rings (SSSR count). The highest BCUT2D eigenvalue weighted by Crippen LogP contribution is 2.33. The number of rotatable bonds is 8. The fourth-order valence-electron chi connectivity index (χ4n) is 5.01. The quantitative estimate of drug-likeness (QED) is 0.242. The number of hydrogen-bond donors (Lipinski definition) is 2. The van der Waals surface area contributed by atoms with E-state index in [0.717, 1.165) is 16.8 Å². The standard InChI is InChI=1S/C32H34Cl2FN5O3/c1-19-5-8-21(9-6-19)37-30(41)23-15-25-27(17-26(23)40-11-13-43-14-12-40)39(4)28(38-25)16-22-24(33)10-7-20(29(22)34)18-36-31(42)32(2,3)35/h5-10,15,17H,11-14,16,18H2,1-4H3,(H,36,42)(H,37,41). The van der Waals surface area contributed by atoms with Crippen LogP contribution >= 0.6 is 23.2 Å². The van der Waals surface area contributed by atoms with E-state index in [2.05, 4.69) is 15.5 Å². The second kappa shape index (κ2) is 12.5. The lowest BCUT2D eigenvalue weighted by Crippen LogP contribution is -2.38. The maximum absolute atomic E-state index is 14.0. The Morgan fingerprint density at radius 3 is 2.44 bits per heavy atom. The van der Waals surface area contributed by atoms with E-state index in [4.69, 9.17) is 32.9 Å². The number of aryl methyl sites for hydroxylation is 2. The van der Waals surface area contributed by atoms with Gasteiger partial charge in [0.25, 0.3) is 11.8 Å². The predicted molar refractivity (Wildman–Crippen MR) is 169 cm³/mol. The van der Waals surface area contributed by atoms with Crippen molar-refractivity contribution >= 4 is 57.4 Å². The van der Waals surface area contributed by atoms with Crippen LogP contribution in [0.15, 0.2) is 48.5 Å². The van der Waals surface area contributed by atoms with Crippen molar-refractivity contribution in [3.8, 4) is 0 Å². The number of amides is 2. The van der Waals surface area contributed by atoms with Gasteiger partial charge in [-0.1, -0.05) is 47.0 Å².